The molecule has 2 amide bonds. The van der Waals surface area contributed by atoms with Gasteiger partial charge in [-0.25, -0.2) is 0 Å². The lowest BCUT2D eigenvalue weighted by Crippen LogP contribution is -2.44. The zero-order valence-electron chi connectivity index (χ0n) is 17.3. The van der Waals surface area contributed by atoms with Crippen LogP contribution in [0.1, 0.15) is 44.1 Å². The van der Waals surface area contributed by atoms with Crippen LogP contribution in [0, 0.1) is 0 Å². The number of hydrogen-bond acceptors (Lipinski definition) is 5. The Balaban J connectivity index is 1.21. The van der Waals surface area contributed by atoms with Crippen molar-refractivity contribution >= 4 is 23.2 Å². The van der Waals surface area contributed by atoms with Crippen molar-refractivity contribution in [3.8, 4) is 0 Å². The van der Waals surface area contributed by atoms with E-state index in [0.717, 1.165) is 43.7 Å². The van der Waals surface area contributed by atoms with Crippen LogP contribution < -0.4 is 10.6 Å². The first-order chi connectivity index (χ1) is 15.2. The fraction of sp³-hybridized carbons (Fsp3) is 0.292. The molecule has 1 saturated heterocycles. The largest absolute Gasteiger partial charge is 0.349 e. The SMILES string of the molecule is O=C(NC1CCN(Cc2ccccn2)CC1)c1ccc(CNC(=O)c2cccs2)cc1. The van der Waals surface area contributed by atoms with Crippen molar-refractivity contribution in [1.82, 2.24) is 20.5 Å². The molecule has 7 heteroatoms. The van der Waals surface area contributed by atoms with E-state index < -0.39 is 0 Å². The Labute approximate surface area is 186 Å². The van der Waals surface area contributed by atoms with Gasteiger partial charge in [0.05, 0.1) is 10.6 Å². The van der Waals surface area contributed by atoms with E-state index >= 15 is 0 Å². The van der Waals surface area contributed by atoms with Crippen LogP contribution in [0.3, 0.4) is 0 Å². The Morgan fingerprint density at radius 1 is 1.00 bits per heavy atom. The van der Waals surface area contributed by atoms with Gasteiger partial charge in [-0.05, 0) is 54.1 Å². The van der Waals surface area contributed by atoms with E-state index in [1.807, 2.05) is 60.1 Å². The maximum Gasteiger partial charge on any atom is 0.261 e. The summed E-state index contributed by atoms with van der Waals surface area (Å²) in [6.07, 6.45) is 3.70. The van der Waals surface area contributed by atoms with Crippen molar-refractivity contribution in [2.75, 3.05) is 13.1 Å². The minimum absolute atomic E-state index is 0.0441. The molecule has 1 aliphatic rings. The molecule has 31 heavy (non-hydrogen) atoms. The number of aromatic nitrogens is 1. The number of amides is 2. The van der Waals surface area contributed by atoms with Gasteiger partial charge in [0.25, 0.3) is 11.8 Å². The lowest BCUT2D eigenvalue weighted by atomic mass is 10.0. The molecule has 1 fully saturated rings. The van der Waals surface area contributed by atoms with Crippen molar-refractivity contribution in [3.05, 3.63) is 87.9 Å². The van der Waals surface area contributed by atoms with Crippen LogP contribution in [0.15, 0.2) is 66.2 Å². The number of nitrogens with one attached hydrogen (secondary N) is 2. The van der Waals surface area contributed by atoms with Gasteiger partial charge in [0, 0.05) is 44.0 Å². The van der Waals surface area contributed by atoms with Crippen LogP contribution in [0.2, 0.25) is 0 Å². The second-order valence-corrected chi connectivity index (χ2v) is 8.65. The van der Waals surface area contributed by atoms with Crippen molar-refractivity contribution in [1.29, 1.82) is 0 Å². The van der Waals surface area contributed by atoms with Gasteiger partial charge in [0.2, 0.25) is 0 Å². The molecule has 2 aromatic heterocycles. The van der Waals surface area contributed by atoms with E-state index in [4.69, 9.17) is 0 Å². The van der Waals surface area contributed by atoms with Crippen LogP contribution in [-0.2, 0) is 13.1 Å². The predicted octanol–water partition coefficient (Wildman–Crippen LogP) is 3.47. The first kappa shape index (κ1) is 21.2. The molecular weight excluding hydrogens is 408 g/mol. The number of nitrogens with zero attached hydrogens (tertiary/aromatic N) is 2. The Bertz CT molecular complexity index is 982. The average molecular weight is 435 g/mol. The Morgan fingerprint density at radius 3 is 2.48 bits per heavy atom. The summed E-state index contributed by atoms with van der Waals surface area (Å²) in [7, 11) is 0. The van der Waals surface area contributed by atoms with E-state index in [2.05, 4.69) is 20.5 Å². The quantitative estimate of drug-likeness (QED) is 0.597. The molecule has 0 spiro atoms. The van der Waals surface area contributed by atoms with E-state index in [1.165, 1.54) is 11.3 Å². The summed E-state index contributed by atoms with van der Waals surface area (Å²) in [5, 5.41) is 7.94. The highest BCUT2D eigenvalue weighted by Crippen LogP contribution is 2.14. The number of piperidine rings is 1. The molecule has 0 atom stereocenters. The minimum Gasteiger partial charge on any atom is -0.349 e. The molecule has 3 heterocycles. The van der Waals surface area contributed by atoms with Crippen LogP contribution >= 0.6 is 11.3 Å². The third-order valence-electron chi connectivity index (χ3n) is 5.45. The van der Waals surface area contributed by atoms with Gasteiger partial charge in [-0.3, -0.25) is 19.5 Å². The van der Waals surface area contributed by atoms with Crippen molar-refractivity contribution in [2.45, 2.75) is 32.0 Å². The van der Waals surface area contributed by atoms with Crippen LogP contribution in [0.25, 0.3) is 0 Å². The monoisotopic (exact) mass is 434 g/mol. The second kappa shape index (κ2) is 10.3. The van der Waals surface area contributed by atoms with Crippen molar-refractivity contribution < 1.29 is 9.59 Å². The number of carbonyl (C=O) groups is 2. The van der Waals surface area contributed by atoms with Crippen LogP contribution in [-0.4, -0.2) is 40.8 Å². The van der Waals surface area contributed by atoms with Gasteiger partial charge in [0.1, 0.15) is 0 Å². The normalized spacial score (nSPS) is 14.8. The summed E-state index contributed by atoms with van der Waals surface area (Å²) < 4.78 is 0. The second-order valence-electron chi connectivity index (χ2n) is 7.70. The summed E-state index contributed by atoms with van der Waals surface area (Å²) in [6.45, 7) is 3.19. The third kappa shape index (κ3) is 5.99. The Morgan fingerprint density at radius 2 is 1.81 bits per heavy atom. The number of rotatable bonds is 7. The zero-order valence-corrected chi connectivity index (χ0v) is 18.1. The summed E-state index contributed by atoms with van der Waals surface area (Å²) in [6, 6.07) is 17.3. The summed E-state index contributed by atoms with van der Waals surface area (Å²) in [5.41, 5.74) is 2.69. The van der Waals surface area contributed by atoms with E-state index in [1.54, 1.807) is 6.07 Å². The molecule has 1 aliphatic heterocycles. The van der Waals surface area contributed by atoms with Crippen LogP contribution in [0.4, 0.5) is 0 Å². The molecule has 0 bridgehead atoms. The minimum atomic E-state index is -0.0776. The highest BCUT2D eigenvalue weighted by Gasteiger charge is 2.21. The highest BCUT2D eigenvalue weighted by atomic mass is 32.1. The Hall–Kier alpha value is -3.03. The molecular formula is C24H26N4O2S. The van der Waals surface area contributed by atoms with E-state index in [9.17, 15) is 9.59 Å². The zero-order chi connectivity index (χ0) is 21.5. The maximum atomic E-state index is 12.6. The molecule has 6 nitrogen and oxygen atoms in total. The maximum absolute atomic E-state index is 12.6. The van der Waals surface area contributed by atoms with Gasteiger partial charge in [-0.2, -0.15) is 0 Å². The molecule has 0 unspecified atom stereocenters. The standard InChI is InChI=1S/C24H26N4O2S/c29-23(27-20-10-13-28(14-11-20)17-21-4-1-2-12-25-21)19-8-6-18(7-9-19)16-26-24(30)22-5-3-15-31-22/h1-9,12,15,20H,10-11,13-14,16-17H2,(H,26,30)(H,27,29). The van der Waals surface area contributed by atoms with Gasteiger partial charge in [-0.1, -0.05) is 24.3 Å². The number of pyridine rings is 1. The number of benzene rings is 1. The fourth-order valence-electron chi connectivity index (χ4n) is 3.68. The molecule has 2 N–H and O–H groups in total. The first-order valence-corrected chi connectivity index (χ1v) is 11.4. The molecule has 0 saturated carbocycles. The lowest BCUT2D eigenvalue weighted by molar-refractivity contribution is 0.0906. The van der Waals surface area contributed by atoms with Crippen LogP contribution in [0.5, 0.6) is 0 Å². The predicted molar refractivity (Wildman–Crippen MR) is 122 cm³/mol. The van der Waals surface area contributed by atoms with Gasteiger partial charge >= 0.3 is 0 Å². The van der Waals surface area contributed by atoms with Gasteiger partial charge < -0.3 is 10.6 Å². The molecule has 0 aliphatic carbocycles. The number of likely N-dealkylation sites (tertiary alicyclic amines) is 1. The van der Waals surface area contributed by atoms with E-state index in [0.29, 0.717) is 17.0 Å². The summed E-state index contributed by atoms with van der Waals surface area (Å²) in [5.74, 6) is -0.122. The summed E-state index contributed by atoms with van der Waals surface area (Å²) >= 11 is 1.42. The molecule has 3 aromatic rings. The number of carbonyl (C=O) groups excluding carboxylic acids is 2. The van der Waals surface area contributed by atoms with Gasteiger partial charge in [-0.15, -0.1) is 11.3 Å². The molecule has 4 rings (SSSR count). The Kier molecular flexibility index (Phi) is 7.07. The molecule has 1 aromatic carbocycles. The summed E-state index contributed by atoms with van der Waals surface area (Å²) in [4.78, 5) is 32.1. The highest BCUT2D eigenvalue weighted by molar-refractivity contribution is 7.12. The van der Waals surface area contributed by atoms with Crippen molar-refractivity contribution in [3.63, 3.8) is 0 Å². The topological polar surface area (TPSA) is 74.3 Å². The first-order valence-electron chi connectivity index (χ1n) is 10.5. The lowest BCUT2D eigenvalue weighted by Gasteiger charge is -2.32. The number of thiophene rings is 1. The van der Waals surface area contributed by atoms with E-state index in [-0.39, 0.29) is 17.9 Å². The smallest absolute Gasteiger partial charge is 0.261 e. The fourth-order valence-corrected chi connectivity index (χ4v) is 4.32. The van der Waals surface area contributed by atoms with Gasteiger partial charge in [0.15, 0.2) is 0 Å². The van der Waals surface area contributed by atoms with Crippen molar-refractivity contribution in [2.24, 2.45) is 0 Å². The third-order valence-corrected chi connectivity index (χ3v) is 6.32. The number of hydrogen-bond donors (Lipinski definition) is 2. The average Bonchev–Trinajstić information content (AvgIpc) is 3.35. The molecule has 0 radical (unpaired) electrons. The molecule has 160 valence electrons.